The van der Waals surface area contributed by atoms with Gasteiger partial charge in [0.2, 0.25) is 0 Å². The number of halogens is 9. The minimum Gasteiger partial charge on any atom is -0.302 e. The van der Waals surface area contributed by atoms with E-state index in [0.717, 1.165) is 46.2 Å². The summed E-state index contributed by atoms with van der Waals surface area (Å²) in [5.41, 5.74) is -5.22. The number of rotatable bonds is 4. The van der Waals surface area contributed by atoms with Gasteiger partial charge in [0.05, 0.1) is 33.3 Å². The van der Waals surface area contributed by atoms with Gasteiger partial charge in [0.25, 0.3) is 5.56 Å². The number of hydrogen-bond acceptors (Lipinski definition) is 3. The first-order valence-electron chi connectivity index (χ1n) is 10.4. The molecule has 4 aromatic rings. The van der Waals surface area contributed by atoms with E-state index in [1.54, 1.807) is 0 Å². The number of thiophene rings is 1. The molecule has 3 nitrogen and oxygen atoms in total. The van der Waals surface area contributed by atoms with Crippen molar-refractivity contribution in [2.75, 3.05) is 0 Å². The van der Waals surface area contributed by atoms with E-state index in [1.807, 2.05) is 0 Å². The quantitative estimate of drug-likeness (QED) is 0.231. The number of alkyl halides is 6. The Morgan fingerprint density at radius 3 is 2.16 bits per heavy atom. The van der Waals surface area contributed by atoms with E-state index in [0.29, 0.717) is 12.1 Å². The van der Waals surface area contributed by atoms with Gasteiger partial charge in [-0.05, 0) is 46.8 Å². The molecule has 0 unspecified atom stereocenters. The highest BCUT2D eigenvalue weighted by molar-refractivity contribution is 7.14. The van der Waals surface area contributed by atoms with Crippen LogP contribution < -0.4 is 5.56 Å². The average Bonchev–Trinajstić information content (AvgIpc) is 3.30. The molecule has 0 radical (unpaired) electrons. The highest BCUT2D eigenvalue weighted by Gasteiger charge is 2.37. The van der Waals surface area contributed by atoms with Crippen LogP contribution >= 0.6 is 22.9 Å². The fourth-order valence-electron chi connectivity index (χ4n) is 3.71. The number of nitrogens with zero attached hydrogens (tertiary/aromatic N) is 2. The first-order chi connectivity index (χ1) is 17.7. The van der Waals surface area contributed by atoms with Gasteiger partial charge < -0.3 is 4.57 Å². The Morgan fingerprint density at radius 1 is 0.895 bits per heavy atom. The van der Waals surface area contributed by atoms with Gasteiger partial charge in [-0.3, -0.25) is 4.79 Å². The van der Waals surface area contributed by atoms with Crippen LogP contribution in [0.25, 0.3) is 21.7 Å². The fraction of sp³-hybridized carbons (Fsp3) is 0.120. The second kappa shape index (κ2) is 9.89. The molecule has 0 amide bonds. The standard InChI is InChI=1S/C25H11ClF8N2OS/c26-19-5-12(2-4-17(19)24(29,30)31)14-6-22(38-11-14)21-8-18(25(32,33)34)16(9-35)23(37)36(21)10-13-1-3-15(27)7-20(13)28/h1-8,11H,10H2. The van der Waals surface area contributed by atoms with Crippen molar-refractivity contribution >= 4 is 22.9 Å². The number of hydrogen-bond donors (Lipinski definition) is 0. The molecule has 0 aliphatic carbocycles. The molecule has 196 valence electrons. The highest BCUT2D eigenvalue weighted by atomic mass is 35.5. The minimum absolute atomic E-state index is 0.0608. The summed E-state index contributed by atoms with van der Waals surface area (Å²) in [5.74, 6) is -1.98. The first-order valence-corrected chi connectivity index (χ1v) is 11.6. The molecule has 0 spiro atoms. The van der Waals surface area contributed by atoms with E-state index in [-0.39, 0.29) is 27.3 Å². The zero-order chi connectivity index (χ0) is 28.0. The highest BCUT2D eigenvalue weighted by Crippen LogP contribution is 2.40. The monoisotopic (exact) mass is 574 g/mol. The topological polar surface area (TPSA) is 45.8 Å². The van der Waals surface area contributed by atoms with Crippen molar-refractivity contribution in [3.63, 3.8) is 0 Å². The van der Waals surface area contributed by atoms with Crippen LogP contribution in [0.5, 0.6) is 0 Å². The fourth-order valence-corrected chi connectivity index (χ4v) is 4.94. The van der Waals surface area contributed by atoms with Crippen molar-refractivity contribution in [2.45, 2.75) is 18.9 Å². The van der Waals surface area contributed by atoms with Crippen molar-refractivity contribution in [2.24, 2.45) is 0 Å². The Morgan fingerprint density at radius 2 is 1.58 bits per heavy atom. The van der Waals surface area contributed by atoms with Gasteiger partial charge in [0.1, 0.15) is 23.3 Å². The van der Waals surface area contributed by atoms with Crippen LogP contribution in [0.3, 0.4) is 0 Å². The smallest absolute Gasteiger partial charge is 0.302 e. The largest absolute Gasteiger partial charge is 0.417 e. The van der Waals surface area contributed by atoms with E-state index < -0.39 is 57.8 Å². The van der Waals surface area contributed by atoms with Crippen molar-refractivity contribution < 1.29 is 35.1 Å². The molecule has 2 aromatic carbocycles. The summed E-state index contributed by atoms with van der Waals surface area (Å²) >= 11 is 6.63. The molecular weight excluding hydrogens is 564 g/mol. The van der Waals surface area contributed by atoms with Crippen LogP contribution in [0.1, 0.15) is 22.3 Å². The maximum atomic E-state index is 14.3. The molecule has 0 saturated heterocycles. The van der Waals surface area contributed by atoms with Gasteiger partial charge >= 0.3 is 12.4 Å². The summed E-state index contributed by atoms with van der Waals surface area (Å²) in [6, 6.07) is 8.49. The Bertz CT molecular complexity index is 1650. The van der Waals surface area contributed by atoms with Crippen molar-refractivity contribution in [1.82, 2.24) is 4.57 Å². The molecular formula is C25H11ClF8N2OS. The van der Waals surface area contributed by atoms with Gasteiger partial charge in [0.15, 0.2) is 0 Å². The van der Waals surface area contributed by atoms with Gasteiger partial charge in [-0.15, -0.1) is 11.3 Å². The van der Waals surface area contributed by atoms with Crippen molar-refractivity contribution in [3.05, 3.63) is 103 Å². The van der Waals surface area contributed by atoms with E-state index >= 15 is 0 Å². The molecule has 0 atom stereocenters. The zero-order valence-electron chi connectivity index (χ0n) is 18.5. The molecule has 13 heteroatoms. The van der Waals surface area contributed by atoms with Crippen LogP contribution in [0.2, 0.25) is 5.02 Å². The number of benzene rings is 2. The summed E-state index contributed by atoms with van der Waals surface area (Å²) in [4.78, 5) is 13.1. The zero-order valence-corrected chi connectivity index (χ0v) is 20.1. The predicted molar refractivity (Wildman–Crippen MR) is 125 cm³/mol. The average molecular weight is 575 g/mol. The lowest BCUT2D eigenvalue weighted by Gasteiger charge is -2.17. The molecule has 0 aliphatic heterocycles. The normalized spacial score (nSPS) is 12.0. The lowest BCUT2D eigenvalue weighted by Crippen LogP contribution is -2.28. The van der Waals surface area contributed by atoms with Crippen molar-refractivity contribution in [1.29, 1.82) is 5.26 Å². The third kappa shape index (κ3) is 5.30. The number of nitriles is 1. The predicted octanol–water partition coefficient (Wildman–Crippen LogP) is 8.13. The molecule has 0 aliphatic rings. The Balaban J connectivity index is 1.90. The number of pyridine rings is 1. The summed E-state index contributed by atoms with van der Waals surface area (Å²) in [6.45, 7) is -0.633. The lowest BCUT2D eigenvalue weighted by atomic mass is 10.0. The van der Waals surface area contributed by atoms with E-state index in [4.69, 9.17) is 11.6 Å². The maximum absolute atomic E-state index is 14.3. The Hall–Kier alpha value is -3.69. The lowest BCUT2D eigenvalue weighted by molar-refractivity contribution is -0.138. The molecule has 0 fully saturated rings. The molecule has 2 aromatic heterocycles. The third-order valence-corrected chi connectivity index (χ3v) is 6.79. The molecule has 0 bridgehead atoms. The van der Waals surface area contributed by atoms with E-state index in [1.165, 1.54) is 17.5 Å². The molecule has 4 rings (SSSR count). The summed E-state index contributed by atoms with van der Waals surface area (Å²) in [5, 5.41) is 10.1. The van der Waals surface area contributed by atoms with E-state index in [9.17, 15) is 45.2 Å². The Labute approximate surface area is 217 Å². The summed E-state index contributed by atoms with van der Waals surface area (Å²) in [6.07, 6.45) is -9.78. The second-order valence-electron chi connectivity index (χ2n) is 7.95. The summed E-state index contributed by atoms with van der Waals surface area (Å²) in [7, 11) is 0. The SMILES string of the molecule is N#Cc1c(C(F)(F)F)cc(-c2cc(-c3ccc(C(F)(F)F)c(Cl)c3)cs2)n(Cc2ccc(F)cc2F)c1=O. The van der Waals surface area contributed by atoms with Gasteiger partial charge in [-0.2, -0.15) is 31.6 Å². The molecule has 0 N–H and O–H groups in total. The minimum atomic E-state index is -5.08. The van der Waals surface area contributed by atoms with Crippen LogP contribution in [-0.2, 0) is 18.9 Å². The van der Waals surface area contributed by atoms with Crippen LogP contribution in [0.15, 0.2) is 58.7 Å². The summed E-state index contributed by atoms with van der Waals surface area (Å²) < 4.78 is 109. The van der Waals surface area contributed by atoms with Crippen LogP contribution in [-0.4, -0.2) is 4.57 Å². The molecule has 0 saturated carbocycles. The first kappa shape index (κ1) is 27.3. The molecule has 2 heterocycles. The Kier molecular flexibility index (Phi) is 7.11. The molecule has 38 heavy (non-hydrogen) atoms. The van der Waals surface area contributed by atoms with Gasteiger partial charge in [-0.25, -0.2) is 8.78 Å². The second-order valence-corrected chi connectivity index (χ2v) is 9.27. The van der Waals surface area contributed by atoms with Crippen LogP contribution in [0, 0.1) is 23.0 Å². The van der Waals surface area contributed by atoms with Gasteiger partial charge in [-0.1, -0.05) is 23.7 Å². The van der Waals surface area contributed by atoms with Gasteiger partial charge in [0, 0.05) is 11.6 Å². The third-order valence-electron chi connectivity index (χ3n) is 5.52. The van der Waals surface area contributed by atoms with E-state index in [2.05, 4.69) is 0 Å². The van der Waals surface area contributed by atoms with Crippen LogP contribution in [0.4, 0.5) is 35.1 Å². The maximum Gasteiger partial charge on any atom is 0.417 e. The number of aromatic nitrogens is 1. The van der Waals surface area contributed by atoms with Crippen molar-refractivity contribution in [3.8, 4) is 27.8 Å².